The molecule has 1 N–H and O–H groups in total. The van der Waals surface area contributed by atoms with Crippen LogP contribution in [0.4, 0.5) is 13.2 Å². The molecule has 2 bridgehead atoms. The molecule has 1 aromatic rings. The van der Waals surface area contributed by atoms with E-state index >= 15 is 0 Å². The molecule has 1 aromatic carbocycles. The van der Waals surface area contributed by atoms with E-state index in [-0.39, 0.29) is 23.2 Å². The number of nitrogens with zero attached hydrogens (tertiary/aromatic N) is 1. The number of rotatable bonds is 2. The van der Waals surface area contributed by atoms with Crippen LogP contribution in [0.2, 0.25) is 0 Å². The summed E-state index contributed by atoms with van der Waals surface area (Å²) in [5, 5.41) is 12.1. The SMILES string of the molecule is N#Cc1ccc(C(=O)C2CC3COCC(C2)N3)c(C(F)(F)F)c1. The first-order chi connectivity index (χ1) is 10.9. The lowest BCUT2D eigenvalue weighted by Gasteiger charge is -2.39. The second kappa shape index (κ2) is 5.95. The molecule has 2 aliphatic heterocycles. The van der Waals surface area contributed by atoms with E-state index in [9.17, 15) is 18.0 Å². The van der Waals surface area contributed by atoms with Gasteiger partial charge in [-0.05, 0) is 31.0 Å². The van der Waals surface area contributed by atoms with Crippen LogP contribution in [0, 0.1) is 17.2 Å². The maximum absolute atomic E-state index is 13.2. The van der Waals surface area contributed by atoms with Crippen molar-refractivity contribution in [1.82, 2.24) is 5.32 Å². The first kappa shape index (κ1) is 16.0. The van der Waals surface area contributed by atoms with Crippen LogP contribution in [0.15, 0.2) is 18.2 Å². The van der Waals surface area contributed by atoms with Crippen molar-refractivity contribution in [3.8, 4) is 6.07 Å². The van der Waals surface area contributed by atoms with Gasteiger partial charge in [0.25, 0.3) is 0 Å². The molecule has 0 spiro atoms. The number of nitriles is 1. The van der Waals surface area contributed by atoms with Crippen molar-refractivity contribution in [1.29, 1.82) is 5.26 Å². The zero-order valence-corrected chi connectivity index (χ0v) is 12.2. The van der Waals surface area contributed by atoms with Crippen molar-refractivity contribution in [2.75, 3.05) is 13.2 Å². The standard InChI is InChI=1S/C16H15F3N2O2/c17-16(18,19)14-3-9(6-20)1-2-13(14)15(22)10-4-11-7-23-8-12(5-10)21-11/h1-3,10-12,21H,4-5,7-8H2. The lowest BCUT2D eigenvalue weighted by Crippen LogP contribution is -2.55. The number of carbonyl (C=O) groups excluding carboxylic acids is 1. The van der Waals surface area contributed by atoms with Gasteiger partial charge in [0.05, 0.1) is 30.4 Å². The minimum absolute atomic E-state index is 0.00386. The molecule has 2 atom stereocenters. The van der Waals surface area contributed by atoms with Gasteiger partial charge >= 0.3 is 6.18 Å². The lowest BCUT2D eigenvalue weighted by atomic mass is 9.81. The van der Waals surface area contributed by atoms with Gasteiger partial charge in [0.2, 0.25) is 0 Å². The van der Waals surface area contributed by atoms with E-state index in [1.165, 1.54) is 6.07 Å². The molecule has 2 saturated heterocycles. The lowest BCUT2D eigenvalue weighted by molar-refractivity contribution is -0.138. The van der Waals surface area contributed by atoms with E-state index < -0.39 is 23.4 Å². The number of morpholine rings is 1. The average Bonchev–Trinajstić information content (AvgIpc) is 2.52. The smallest absolute Gasteiger partial charge is 0.378 e. The maximum atomic E-state index is 13.2. The van der Waals surface area contributed by atoms with Gasteiger partial charge in [-0.2, -0.15) is 18.4 Å². The molecule has 0 aromatic heterocycles. The van der Waals surface area contributed by atoms with Crippen LogP contribution in [0.3, 0.4) is 0 Å². The van der Waals surface area contributed by atoms with E-state index in [4.69, 9.17) is 10.00 Å². The highest BCUT2D eigenvalue weighted by Gasteiger charge is 2.40. The number of ether oxygens (including phenoxy) is 1. The summed E-state index contributed by atoms with van der Waals surface area (Å²) in [6.45, 7) is 0.944. The van der Waals surface area contributed by atoms with Gasteiger partial charge in [-0.3, -0.25) is 4.79 Å². The molecule has 23 heavy (non-hydrogen) atoms. The van der Waals surface area contributed by atoms with E-state index in [2.05, 4.69) is 5.32 Å². The van der Waals surface area contributed by atoms with E-state index in [0.717, 1.165) is 12.1 Å². The highest BCUT2D eigenvalue weighted by molar-refractivity contribution is 5.99. The number of ketones is 1. The fourth-order valence-electron chi connectivity index (χ4n) is 3.33. The number of benzene rings is 1. The van der Waals surface area contributed by atoms with Crippen LogP contribution in [-0.2, 0) is 10.9 Å². The molecular weight excluding hydrogens is 309 g/mol. The Morgan fingerprint density at radius 2 is 1.91 bits per heavy atom. The molecule has 122 valence electrons. The van der Waals surface area contributed by atoms with Crippen molar-refractivity contribution in [2.45, 2.75) is 31.1 Å². The number of nitrogens with one attached hydrogen (secondary N) is 1. The molecule has 3 rings (SSSR count). The van der Waals surface area contributed by atoms with Crippen molar-refractivity contribution in [3.05, 3.63) is 34.9 Å². The van der Waals surface area contributed by atoms with Crippen LogP contribution in [0.1, 0.15) is 34.3 Å². The van der Waals surface area contributed by atoms with Crippen LogP contribution in [-0.4, -0.2) is 31.1 Å². The molecule has 2 heterocycles. The van der Waals surface area contributed by atoms with Crippen molar-refractivity contribution < 1.29 is 22.7 Å². The second-order valence-electron chi connectivity index (χ2n) is 6.00. The molecule has 4 nitrogen and oxygen atoms in total. The number of hydrogen-bond donors (Lipinski definition) is 1. The van der Waals surface area contributed by atoms with E-state index in [0.29, 0.717) is 26.1 Å². The Morgan fingerprint density at radius 1 is 1.26 bits per heavy atom. The number of alkyl halides is 3. The Hall–Kier alpha value is -1.91. The number of halogens is 3. The minimum Gasteiger partial charge on any atom is -0.378 e. The zero-order chi connectivity index (χ0) is 16.6. The molecule has 2 aliphatic rings. The molecule has 2 fully saturated rings. The first-order valence-electron chi connectivity index (χ1n) is 7.38. The van der Waals surface area contributed by atoms with E-state index in [1.54, 1.807) is 6.07 Å². The Morgan fingerprint density at radius 3 is 2.48 bits per heavy atom. The van der Waals surface area contributed by atoms with Crippen molar-refractivity contribution in [2.24, 2.45) is 5.92 Å². The summed E-state index contributed by atoms with van der Waals surface area (Å²) in [6.07, 6.45) is -3.73. The van der Waals surface area contributed by atoms with Crippen molar-refractivity contribution >= 4 is 5.78 Å². The summed E-state index contributed by atoms with van der Waals surface area (Å²) < 4.78 is 45.1. The molecule has 0 aliphatic carbocycles. The molecule has 7 heteroatoms. The number of piperidine rings is 1. The summed E-state index contributed by atoms with van der Waals surface area (Å²) in [4.78, 5) is 12.6. The van der Waals surface area contributed by atoms with Gasteiger partial charge in [-0.15, -0.1) is 0 Å². The van der Waals surface area contributed by atoms with Crippen LogP contribution in [0.25, 0.3) is 0 Å². The number of Topliss-reactive ketones (excluding diaryl/α,β-unsaturated/α-hetero) is 1. The van der Waals surface area contributed by atoms with Crippen LogP contribution >= 0.6 is 0 Å². The van der Waals surface area contributed by atoms with Gasteiger partial charge in [0.1, 0.15) is 0 Å². The number of fused-ring (bicyclic) bond motifs is 2. The van der Waals surface area contributed by atoms with Gasteiger partial charge in [0, 0.05) is 23.6 Å². The van der Waals surface area contributed by atoms with Gasteiger partial charge in [-0.1, -0.05) is 0 Å². The quantitative estimate of drug-likeness (QED) is 0.849. The number of carbonyl (C=O) groups is 1. The first-order valence-corrected chi connectivity index (χ1v) is 7.38. The largest absolute Gasteiger partial charge is 0.417 e. The molecule has 2 unspecified atom stereocenters. The summed E-state index contributed by atoms with van der Waals surface area (Å²) in [6, 6.07) is 4.82. The molecule has 0 saturated carbocycles. The Labute approximate surface area is 131 Å². The Bertz CT molecular complexity index is 654. The van der Waals surface area contributed by atoms with E-state index in [1.807, 2.05) is 0 Å². The fraction of sp³-hybridized carbons (Fsp3) is 0.500. The topological polar surface area (TPSA) is 62.1 Å². The van der Waals surface area contributed by atoms with Crippen LogP contribution < -0.4 is 5.32 Å². The van der Waals surface area contributed by atoms with Gasteiger partial charge in [-0.25, -0.2) is 0 Å². The average molecular weight is 324 g/mol. The second-order valence-corrected chi connectivity index (χ2v) is 6.00. The summed E-state index contributed by atoms with van der Waals surface area (Å²) in [5.74, 6) is -0.954. The molecular formula is C16H15F3N2O2. The Kier molecular flexibility index (Phi) is 4.13. The normalized spacial score (nSPS) is 27.3. The highest BCUT2D eigenvalue weighted by Crippen LogP contribution is 2.35. The summed E-state index contributed by atoms with van der Waals surface area (Å²) >= 11 is 0. The predicted molar refractivity (Wildman–Crippen MR) is 74.7 cm³/mol. The minimum atomic E-state index is -4.66. The fourth-order valence-corrected chi connectivity index (χ4v) is 3.33. The maximum Gasteiger partial charge on any atom is 0.417 e. The zero-order valence-electron chi connectivity index (χ0n) is 12.2. The monoisotopic (exact) mass is 324 g/mol. The van der Waals surface area contributed by atoms with Crippen LogP contribution in [0.5, 0.6) is 0 Å². The third kappa shape index (κ3) is 3.23. The molecule has 0 amide bonds. The summed E-state index contributed by atoms with van der Waals surface area (Å²) in [5.41, 5.74) is -1.48. The van der Waals surface area contributed by atoms with Gasteiger partial charge < -0.3 is 10.1 Å². The number of hydrogen-bond acceptors (Lipinski definition) is 4. The predicted octanol–water partition coefficient (Wildman–Crippen LogP) is 2.53. The Balaban J connectivity index is 1.92. The third-order valence-electron chi connectivity index (χ3n) is 4.34. The van der Waals surface area contributed by atoms with Crippen molar-refractivity contribution in [3.63, 3.8) is 0 Å². The molecule has 0 radical (unpaired) electrons. The van der Waals surface area contributed by atoms with Gasteiger partial charge in [0.15, 0.2) is 5.78 Å². The third-order valence-corrected chi connectivity index (χ3v) is 4.34. The summed E-state index contributed by atoms with van der Waals surface area (Å²) in [7, 11) is 0. The highest BCUT2D eigenvalue weighted by atomic mass is 19.4.